The van der Waals surface area contributed by atoms with Gasteiger partial charge in [-0.2, -0.15) is 0 Å². The van der Waals surface area contributed by atoms with Gasteiger partial charge in [0, 0.05) is 5.69 Å². The minimum atomic E-state index is -0.398. The number of amides is 2. The number of carbonyl (C=O) groups is 2. The molecule has 0 fully saturated rings. The van der Waals surface area contributed by atoms with Crippen LogP contribution in [0.3, 0.4) is 0 Å². The molecule has 0 atom stereocenters. The van der Waals surface area contributed by atoms with Crippen molar-refractivity contribution in [2.75, 3.05) is 18.7 Å². The van der Waals surface area contributed by atoms with Gasteiger partial charge in [-0.25, -0.2) is 9.59 Å². The van der Waals surface area contributed by atoms with Gasteiger partial charge in [0.15, 0.2) is 6.73 Å². The highest BCUT2D eigenvalue weighted by Crippen LogP contribution is 2.11. The number of para-hydroxylation sites is 1. The Morgan fingerprint density at radius 1 is 1.00 bits per heavy atom. The Hall–Kier alpha value is -3.02. The van der Waals surface area contributed by atoms with Gasteiger partial charge >= 0.3 is 12.0 Å². The molecule has 0 aliphatic rings. The molecule has 6 nitrogen and oxygen atoms in total. The third-order valence-corrected chi connectivity index (χ3v) is 2.87. The van der Waals surface area contributed by atoms with E-state index in [4.69, 9.17) is 9.47 Å². The number of urea groups is 1. The molecule has 2 aromatic carbocycles. The van der Waals surface area contributed by atoms with E-state index in [0.29, 0.717) is 23.6 Å². The molecule has 2 rings (SSSR count). The number of carbonyl (C=O) groups excluding carboxylic acids is 2. The number of ether oxygens (including phenoxy) is 2. The van der Waals surface area contributed by atoms with E-state index in [1.54, 1.807) is 43.3 Å². The van der Waals surface area contributed by atoms with E-state index in [1.165, 1.54) is 0 Å². The summed E-state index contributed by atoms with van der Waals surface area (Å²) in [6.07, 6.45) is 0. The highest BCUT2D eigenvalue weighted by Gasteiger charge is 2.06. The largest absolute Gasteiger partial charge is 0.473 e. The Labute approximate surface area is 134 Å². The predicted molar refractivity (Wildman–Crippen MR) is 86.5 cm³/mol. The number of anilines is 1. The first-order valence-corrected chi connectivity index (χ1v) is 7.19. The minimum Gasteiger partial charge on any atom is -0.473 e. The van der Waals surface area contributed by atoms with Crippen LogP contribution < -0.4 is 15.4 Å². The summed E-state index contributed by atoms with van der Waals surface area (Å²) in [6, 6.07) is 15.2. The van der Waals surface area contributed by atoms with E-state index in [-0.39, 0.29) is 12.7 Å². The molecule has 0 bridgehead atoms. The smallest absolute Gasteiger partial charge is 0.338 e. The molecule has 23 heavy (non-hydrogen) atoms. The molecule has 0 aromatic heterocycles. The Bertz CT molecular complexity index is 641. The Kier molecular flexibility index (Phi) is 5.99. The second-order valence-corrected chi connectivity index (χ2v) is 4.53. The molecule has 0 spiro atoms. The predicted octanol–water partition coefficient (Wildman–Crippen LogP) is 3.02. The van der Waals surface area contributed by atoms with E-state index in [9.17, 15) is 9.59 Å². The van der Waals surface area contributed by atoms with E-state index in [2.05, 4.69) is 10.6 Å². The van der Waals surface area contributed by atoms with Crippen molar-refractivity contribution in [3.8, 4) is 5.75 Å². The molecule has 2 aromatic rings. The van der Waals surface area contributed by atoms with Crippen molar-refractivity contribution in [1.29, 1.82) is 0 Å². The first-order chi connectivity index (χ1) is 11.2. The molecule has 0 saturated heterocycles. The fourth-order valence-electron chi connectivity index (χ4n) is 1.78. The van der Waals surface area contributed by atoms with Crippen LogP contribution in [0, 0.1) is 0 Å². The summed E-state index contributed by atoms with van der Waals surface area (Å²) in [5.41, 5.74) is 1.00. The quantitative estimate of drug-likeness (QED) is 0.635. The molecular formula is C17H18N2O4. The summed E-state index contributed by atoms with van der Waals surface area (Å²) in [5.74, 6) is 0.284. The van der Waals surface area contributed by atoms with Crippen molar-refractivity contribution >= 4 is 17.7 Å². The maximum Gasteiger partial charge on any atom is 0.338 e. The summed E-state index contributed by atoms with van der Waals surface area (Å²) >= 11 is 0. The van der Waals surface area contributed by atoms with Crippen LogP contribution >= 0.6 is 0 Å². The Morgan fingerprint density at radius 2 is 1.70 bits per heavy atom. The monoisotopic (exact) mass is 314 g/mol. The number of esters is 1. The second-order valence-electron chi connectivity index (χ2n) is 4.53. The summed E-state index contributed by atoms with van der Waals surface area (Å²) in [6.45, 7) is 2.12. The lowest BCUT2D eigenvalue weighted by molar-refractivity contribution is 0.0526. The van der Waals surface area contributed by atoms with Crippen LogP contribution in [0.25, 0.3) is 0 Å². The van der Waals surface area contributed by atoms with Crippen molar-refractivity contribution in [1.82, 2.24) is 5.32 Å². The minimum absolute atomic E-state index is 0.0523. The topological polar surface area (TPSA) is 76.7 Å². The van der Waals surface area contributed by atoms with Crippen LogP contribution in [0.4, 0.5) is 10.5 Å². The normalized spacial score (nSPS) is 9.78. The maximum absolute atomic E-state index is 11.7. The van der Waals surface area contributed by atoms with Crippen LogP contribution in [0.1, 0.15) is 17.3 Å². The van der Waals surface area contributed by atoms with Gasteiger partial charge in [-0.15, -0.1) is 0 Å². The lowest BCUT2D eigenvalue weighted by atomic mass is 10.2. The zero-order valence-electron chi connectivity index (χ0n) is 12.7. The third-order valence-electron chi connectivity index (χ3n) is 2.87. The molecule has 0 heterocycles. The van der Waals surface area contributed by atoms with Crippen LogP contribution in [-0.4, -0.2) is 25.3 Å². The van der Waals surface area contributed by atoms with Crippen LogP contribution in [-0.2, 0) is 4.74 Å². The van der Waals surface area contributed by atoms with Gasteiger partial charge in [-0.05, 0) is 43.3 Å². The van der Waals surface area contributed by atoms with E-state index in [1.807, 2.05) is 18.2 Å². The van der Waals surface area contributed by atoms with Gasteiger partial charge in [-0.3, -0.25) is 0 Å². The van der Waals surface area contributed by atoms with Gasteiger partial charge in [0.2, 0.25) is 0 Å². The molecule has 6 heteroatoms. The number of nitrogens with one attached hydrogen (secondary N) is 2. The summed E-state index contributed by atoms with van der Waals surface area (Å²) in [4.78, 5) is 23.2. The Morgan fingerprint density at radius 3 is 2.35 bits per heavy atom. The van der Waals surface area contributed by atoms with Gasteiger partial charge in [0.05, 0.1) is 12.2 Å². The highest BCUT2D eigenvalue weighted by molar-refractivity contribution is 5.92. The summed E-state index contributed by atoms with van der Waals surface area (Å²) in [7, 11) is 0. The third kappa shape index (κ3) is 5.35. The fraction of sp³-hybridized carbons (Fsp3) is 0.176. The molecule has 0 aliphatic carbocycles. The highest BCUT2D eigenvalue weighted by atomic mass is 16.5. The van der Waals surface area contributed by atoms with Gasteiger partial charge in [-0.1, -0.05) is 18.2 Å². The van der Waals surface area contributed by atoms with E-state index in [0.717, 1.165) is 0 Å². The SMILES string of the molecule is CCOC(=O)c1ccc(NC(=O)NCOc2ccccc2)cc1. The molecular weight excluding hydrogens is 296 g/mol. The average Bonchev–Trinajstić information content (AvgIpc) is 2.57. The van der Waals surface area contributed by atoms with Crippen molar-refractivity contribution < 1.29 is 19.1 Å². The first kappa shape index (κ1) is 16.4. The summed E-state index contributed by atoms with van der Waals surface area (Å²) in [5, 5.41) is 5.22. The molecule has 2 N–H and O–H groups in total. The summed E-state index contributed by atoms with van der Waals surface area (Å²) < 4.78 is 10.2. The molecule has 2 amide bonds. The standard InChI is InChI=1S/C17H18N2O4/c1-2-22-16(20)13-8-10-14(11-9-13)19-17(21)18-12-23-15-6-4-3-5-7-15/h3-11H,2,12H2,1H3,(H2,18,19,21). The molecule has 120 valence electrons. The number of benzene rings is 2. The van der Waals surface area contributed by atoms with Crippen molar-refractivity contribution in [2.45, 2.75) is 6.92 Å². The first-order valence-electron chi connectivity index (χ1n) is 7.19. The van der Waals surface area contributed by atoms with Crippen LogP contribution in [0.15, 0.2) is 54.6 Å². The zero-order chi connectivity index (χ0) is 16.5. The van der Waals surface area contributed by atoms with E-state index >= 15 is 0 Å². The van der Waals surface area contributed by atoms with Gasteiger partial charge in [0.1, 0.15) is 5.75 Å². The lowest BCUT2D eigenvalue weighted by Crippen LogP contribution is -2.32. The average molecular weight is 314 g/mol. The van der Waals surface area contributed by atoms with Crippen molar-refractivity contribution in [2.24, 2.45) is 0 Å². The van der Waals surface area contributed by atoms with Crippen molar-refractivity contribution in [3.63, 3.8) is 0 Å². The Balaban J connectivity index is 1.77. The number of hydrogen-bond donors (Lipinski definition) is 2. The molecule has 0 radical (unpaired) electrons. The van der Waals surface area contributed by atoms with Crippen molar-refractivity contribution in [3.05, 3.63) is 60.2 Å². The van der Waals surface area contributed by atoms with Crippen LogP contribution in [0.2, 0.25) is 0 Å². The lowest BCUT2D eigenvalue weighted by Gasteiger charge is -2.09. The van der Waals surface area contributed by atoms with Crippen LogP contribution in [0.5, 0.6) is 5.75 Å². The fourth-order valence-corrected chi connectivity index (χ4v) is 1.78. The molecule has 0 unspecified atom stereocenters. The zero-order valence-corrected chi connectivity index (χ0v) is 12.7. The molecule has 0 aliphatic heterocycles. The maximum atomic E-state index is 11.7. The second kappa shape index (κ2) is 8.43. The van der Waals surface area contributed by atoms with Gasteiger partial charge < -0.3 is 20.1 Å². The van der Waals surface area contributed by atoms with Gasteiger partial charge in [0.25, 0.3) is 0 Å². The molecule has 0 saturated carbocycles. The van der Waals surface area contributed by atoms with E-state index < -0.39 is 6.03 Å². The number of rotatable bonds is 6. The number of hydrogen-bond acceptors (Lipinski definition) is 4.